The third kappa shape index (κ3) is 5.19. The van der Waals surface area contributed by atoms with E-state index in [1.165, 1.54) is 12.8 Å². The van der Waals surface area contributed by atoms with Gasteiger partial charge in [-0.15, -0.1) is 0 Å². The summed E-state index contributed by atoms with van der Waals surface area (Å²) in [5.74, 6) is 1.61. The van der Waals surface area contributed by atoms with Crippen molar-refractivity contribution in [2.75, 3.05) is 20.6 Å². The molecular formula is C25H32N4O2. The minimum absolute atomic E-state index is 0.00820. The maximum absolute atomic E-state index is 12.2. The van der Waals surface area contributed by atoms with E-state index in [9.17, 15) is 4.79 Å². The van der Waals surface area contributed by atoms with E-state index in [-0.39, 0.29) is 24.1 Å². The molecule has 1 saturated carbocycles. The van der Waals surface area contributed by atoms with Crippen LogP contribution in [0.25, 0.3) is 0 Å². The number of carbonyl (C=O) groups is 1. The van der Waals surface area contributed by atoms with Gasteiger partial charge in [-0.2, -0.15) is 0 Å². The van der Waals surface area contributed by atoms with Crippen LogP contribution in [-0.4, -0.2) is 43.0 Å². The third-order valence-electron chi connectivity index (χ3n) is 6.19. The van der Waals surface area contributed by atoms with Crippen molar-refractivity contribution in [3.05, 3.63) is 65.7 Å². The Labute approximate surface area is 184 Å². The van der Waals surface area contributed by atoms with E-state index >= 15 is 0 Å². The smallest absolute Gasteiger partial charge is 0.241 e. The lowest BCUT2D eigenvalue weighted by Crippen LogP contribution is -2.48. The van der Waals surface area contributed by atoms with E-state index in [1.807, 2.05) is 30.3 Å². The van der Waals surface area contributed by atoms with Crippen LogP contribution in [0.15, 0.2) is 59.6 Å². The lowest BCUT2D eigenvalue weighted by molar-refractivity contribution is -0.127. The van der Waals surface area contributed by atoms with Gasteiger partial charge >= 0.3 is 0 Å². The molecule has 2 N–H and O–H groups in total. The number of hydrogen-bond donors (Lipinski definition) is 2. The number of hydrogen-bond acceptors (Lipinski definition) is 3. The van der Waals surface area contributed by atoms with Gasteiger partial charge in [0, 0.05) is 26.1 Å². The molecule has 1 atom stereocenters. The molecule has 1 unspecified atom stereocenters. The highest BCUT2D eigenvalue weighted by Crippen LogP contribution is 2.46. The second-order valence-corrected chi connectivity index (χ2v) is 8.72. The van der Waals surface area contributed by atoms with E-state index in [4.69, 9.17) is 9.73 Å². The van der Waals surface area contributed by atoms with Crippen molar-refractivity contribution in [3.8, 4) is 5.75 Å². The van der Waals surface area contributed by atoms with Gasteiger partial charge < -0.3 is 20.3 Å². The summed E-state index contributed by atoms with van der Waals surface area (Å²) in [5, 5.41) is 6.85. The molecule has 0 saturated heterocycles. The molecule has 6 heteroatoms. The van der Waals surface area contributed by atoms with Crippen molar-refractivity contribution in [1.82, 2.24) is 15.5 Å². The molecule has 2 aromatic rings. The number of guanidine groups is 1. The van der Waals surface area contributed by atoms with Gasteiger partial charge in [0.15, 0.2) is 5.96 Å². The monoisotopic (exact) mass is 420 g/mol. The zero-order valence-corrected chi connectivity index (χ0v) is 18.4. The largest absolute Gasteiger partial charge is 0.487 e. The van der Waals surface area contributed by atoms with Crippen LogP contribution in [0.2, 0.25) is 0 Å². The van der Waals surface area contributed by atoms with E-state index in [0.717, 1.165) is 36.1 Å². The van der Waals surface area contributed by atoms with Crippen LogP contribution in [0, 0.1) is 0 Å². The number of benzene rings is 2. The minimum atomic E-state index is -0.101. The number of likely N-dealkylation sites (N-methyl/N-ethyl adjacent to an activating group) is 1. The normalized spacial score (nSPS) is 19.4. The van der Waals surface area contributed by atoms with Crippen LogP contribution < -0.4 is 15.4 Å². The van der Waals surface area contributed by atoms with Gasteiger partial charge in [-0.05, 0) is 37.3 Å². The van der Waals surface area contributed by atoms with E-state index in [1.54, 1.807) is 19.0 Å². The maximum atomic E-state index is 12.2. The number of ether oxygens (including phenoxy) is 1. The molecule has 1 amide bonds. The number of para-hydroxylation sites is 1. The van der Waals surface area contributed by atoms with Crippen LogP contribution in [0.3, 0.4) is 0 Å². The van der Waals surface area contributed by atoms with Crippen molar-refractivity contribution in [1.29, 1.82) is 0 Å². The first-order chi connectivity index (χ1) is 15.0. The molecule has 1 aliphatic heterocycles. The molecular weight excluding hydrogens is 388 g/mol. The molecule has 0 radical (unpaired) electrons. The number of nitrogens with one attached hydrogen (secondary N) is 2. The summed E-state index contributed by atoms with van der Waals surface area (Å²) in [6, 6.07) is 18.5. The van der Waals surface area contributed by atoms with Crippen LogP contribution in [0.5, 0.6) is 5.75 Å². The highest BCUT2D eigenvalue weighted by molar-refractivity contribution is 5.86. The maximum Gasteiger partial charge on any atom is 0.241 e. The lowest BCUT2D eigenvalue weighted by Gasteiger charge is -2.40. The van der Waals surface area contributed by atoms with Crippen molar-refractivity contribution in [3.63, 3.8) is 0 Å². The highest BCUT2D eigenvalue weighted by Gasteiger charge is 2.43. The van der Waals surface area contributed by atoms with Crippen LogP contribution >= 0.6 is 0 Å². The molecule has 2 aliphatic rings. The Bertz CT molecular complexity index is 920. The number of aliphatic imine (C=N–C) groups is 1. The van der Waals surface area contributed by atoms with Gasteiger partial charge in [-0.1, -0.05) is 48.5 Å². The molecule has 2 aromatic carbocycles. The average Bonchev–Trinajstić information content (AvgIpc) is 3.23. The van der Waals surface area contributed by atoms with E-state index in [2.05, 4.69) is 34.9 Å². The summed E-state index contributed by atoms with van der Waals surface area (Å²) < 4.78 is 6.49. The lowest BCUT2D eigenvalue weighted by atomic mass is 9.86. The Morgan fingerprint density at radius 2 is 1.81 bits per heavy atom. The molecule has 1 aliphatic carbocycles. The second-order valence-electron chi connectivity index (χ2n) is 8.72. The second kappa shape index (κ2) is 9.41. The van der Waals surface area contributed by atoms with Crippen LogP contribution in [-0.2, 0) is 11.3 Å². The first-order valence-electron chi connectivity index (χ1n) is 11.1. The molecule has 1 fully saturated rings. The van der Waals surface area contributed by atoms with Gasteiger partial charge in [0.05, 0.1) is 19.1 Å². The summed E-state index contributed by atoms with van der Waals surface area (Å²) >= 11 is 0. The quantitative estimate of drug-likeness (QED) is 0.572. The SMILES string of the molecule is CN(C)C(=O)CNC(=NCc1ccccc1)NC1CC2(CCCC2)Oc2ccccc21. The first kappa shape index (κ1) is 21.2. The molecule has 164 valence electrons. The number of rotatable bonds is 5. The van der Waals surface area contributed by atoms with Crippen molar-refractivity contribution in [2.45, 2.75) is 50.3 Å². The van der Waals surface area contributed by atoms with Gasteiger partial charge in [0.25, 0.3) is 0 Å². The Morgan fingerprint density at radius 1 is 1.10 bits per heavy atom. The molecule has 1 spiro atoms. The Kier molecular flexibility index (Phi) is 6.44. The third-order valence-corrected chi connectivity index (χ3v) is 6.19. The summed E-state index contributed by atoms with van der Waals surface area (Å²) in [7, 11) is 3.52. The predicted molar refractivity (Wildman–Crippen MR) is 123 cm³/mol. The molecule has 31 heavy (non-hydrogen) atoms. The summed E-state index contributed by atoms with van der Waals surface area (Å²) in [4.78, 5) is 18.5. The fourth-order valence-corrected chi connectivity index (χ4v) is 4.46. The zero-order valence-electron chi connectivity index (χ0n) is 18.4. The molecule has 4 rings (SSSR count). The summed E-state index contributed by atoms with van der Waals surface area (Å²) in [5.41, 5.74) is 2.17. The summed E-state index contributed by atoms with van der Waals surface area (Å²) in [6.45, 7) is 0.742. The number of fused-ring (bicyclic) bond motifs is 1. The van der Waals surface area contributed by atoms with Crippen LogP contribution in [0.4, 0.5) is 0 Å². The van der Waals surface area contributed by atoms with E-state index < -0.39 is 0 Å². The van der Waals surface area contributed by atoms with Gasteiger partial charge in [-0.3, -0.25) is 4.79 Å². The standard InChI is InChI=1S/C25H32N4O2/c1-29(2)23(30)18-27-24(26-17-19-10-4-3-5-11-19)28-21-16-25(14-8-9-15-25)31-22-13-7-6-12-20(21)22/h3-7,10-13,21H,8-9,14-18H2,1-2H3,(H2,26,27,28). The topological polar surface area (TPSA) is 66.0 Å². The minimum Gasteiger partial charge on any atom is -0.487 e. The summed E-state index contributed by atoms with van der Waals surface area (Å²) in [6.07, 6.45) is 5.49. The van der Waals surface area contributed by atoms with Gasteiger partial charge in [0.1, 0.15) is 11.4 Å². The Balaban J connectivity index is 1.56. The van der Waals surface area contributed by atoms with Crippen molar-refractivity contribution >= 4 is 11.9 Å². The fourth-order valence-electron chi connectivity index (χ4n) is 4.46. The van der Waals surface area contributed by atoms with Gasteiger partial charge in [-0.25, -0.2) is 4.99 Å². The predicted octanol–water partition coefficient (Wildman–Crippen LogP) is 3.65. The Hall–Kier alpha value is -3.02. The van der Waals surface area contributed by atoms with E-state index in [0.29, 0.717) is 12.5 Å². The highest BCUT2D eigenvalue weighted by atomic mass is 16.5. The number of carbonyl (C=O) groups excluding carboxylic acids is 1. The fraction of sp³-hybridized carbons (Fsp3) is 0.440. The first-order valence-corrected chi connectivity index (χ1v) is 11.1. The average molecular weight is 421 g/mol. The van der Waals surface area contributed by atoms with Crippen molar-refractivity contribution in [2.24, 2.45) is 4.99 Å². The van der Waals surface area contributed by atoms with Gasteiger partial charge in [0.2, 0.25) is 5.91 Å². The molecule has 6 nitrogen and oxygen atoms in total. The Morgan fingerprint density at radius 3 is 2.55 bits per heavy atom. The van der Waals surface area contributed by atoms with Crippen molar-refractivity contribution < 1.29 is 9.53 Å². The molecule has 0 aromatic heterocycles. The van der Waals surface area contributed by atoms with Crippen LogP contribution in [0.1, 0.15) is 49.3 Å². The number of amides is 1. The zero-order chi connectivity index (χ0) is 21.7. The molecule has 1 heterocycles. The molecule has 0 bridgehead atoms. The number of nitrogens with zero attached hydrogens (tertiary/aromatic N) is 2.